The van der Waals surface area contributed by atoms with Gasteiger partial charge in [0.05, 0.1) is 25.4 Å². The van der Waals surface area contributed by atoms with Crippen molar-refractivity contribution in [3.8, 4) is 0 Å². The molecule has 2 aromatic carbocycles. The third-order valence-electron chi connectivity index (χ3n) is 8.64. The van der Waals surface area contributed by atoms with Gasteiger partial charge in [0, 0.05) is 55.2 Å². The fourth-order valence-electron chi connectivity index (χ4n) is 5.92. The number of carbonyl (C=O) groups is 3. The van der Waals surface area contributed by atoms with Gasteiger partial charge >= 0.3 is 12.1 Å². The maximum atomic E-state index is 13.9. The first kappa shape index (κ1) is 32.0. The van der Waals surface area contributed by atoms with Gasteiger partial charge in [-0.15, -0.1) is 5.10 Å². The second-order valence-corrected chi connectivity index (χ2v) is 11.7. The molecule has 5 rings (SSSR count). The number of unbranched alkanes of at least 4 members (excludes halogenated alkanes) is 2. The van der Waals surface area contributed by atoms with E-state index in [4.69, 9.17) is 4.74 Å². The highest BCUT2D eigenvalue weighted by atomic mass is 16.6. The molecule has 240 valence electrons. The van der Waals surface area contributed by atoms with Crippen LogP contribution in [0.2, 0.25) is 0 Å². The van der Waals surface area contributed by atoms with E-state index in [1.54, 1.807) is 9.80 Å². The molecule has 3 aromatic rings. The van der Waals surface area contributed by atoms with Crippen LogP contribution < -0.4 is 15.1 Å². The molecule has 0 bridgehead atoms. The predicted molar refractivity (Wildman–Crippen MR) is 176 cm³/mol. The van der Waals surface area contributed by atoms with Crippen LogP contribution in [0.15, 0.2) is 48.5 Å². The summed E-state index contributed by atoms with van der Waals surface area (Å²) in [6, 6.07) is 15.3. The van der Waals surface area contributed by atoms with E-state index < -0.39 is 6.09 Å². The second-order valence-electron chi connectivity index (χ2n) is 11.7. The number of hydrogen-bond donors (Lipinski definition) is 1. The molecule has 1 aromatic heterocycles. The van der Waals surface area contributed by atoms with Crippen LogP contribution in [0.5, 0.6) is 0 Å². The van der Waals surface area contributed by atoms with Gasteiger partial charge in [0.25, 0.3) is 5.91 Å². The van der Waals surface area contributed by atoms with E-state index in [2.05, 4.69) is 41.1 Å². The molecule has 0 spiro atoms. The Morgan fingerprint density at radius 1 is 0.933 bits per heavy atom. The van der Waals surface area contributed by atoms with Gasteiger partial charge in [0.1, 0.15) is 0 Å². The first-order valence-electron chi connectivity index (χ1n) is 16.1. The molecule has 1 N–H and O–H groups in total. The summed E-state index contributed by atoms with van der Waals surface area (Å²) in [6.07, 6.45) is 2.90. The maximum absolute atomic E-state index is 13.9. The molecule has 0 atom stereocenters. The molecule has 2 aliphatic heterocycles. The molecule has 0 unspecified atom stereocenters. The van der Waals surface area contributed by atoms with Crippen LogP contribution in [0.3, 0.4) is 0 Å². The minimum atomic E-state index is -0.614. The van der Waals surface area contributed by atoms with E-state index in [1.807, 2.05) is 55.5 Å². The van der Waals surface area contributed by atoms with Crippen molar-refractivity contribution in [2.45, 2.75) is 59.5 Å². The number of nitrogens with zero attached hydrogens (tertiary/aromatic N) is 6. The third-order valence-corrected chi connectivity index (χ3v) is 8.64. The van der Waals surface area contributed by atoms with Crippen LogP contribution in [0, 0.1) is 0 Å². The van der Waals surface area contributed by atoms with Crippen LogP contribution in [0.1, 0.15) is 67.2 Å². The predicted octanol–water partition coefficient (Wildman–Crippen LogP) is 5.59. The van der Waals surface area contributed by atoms with Gasteiger partial charge in [0.15, 0.2) is 5.82 Å². The van der Waals surface area contributed by atoms with Crippen molar-refractivity contribution in [3.63, 3.8) is 0 Å². The van der Waals surface area contributed by atoms with Crippen molar-refractivity contribution >= 4 is 35.2 Å². The summed E-state index contributed by atoms with van der Waals surface area (Å²) >= 11 is 0. The average Bonchev–Trinajstić information content (AvgIpc) is 3.64. The van der Waals surface area contributed by atoms with Crippen LogP contribution in [-0.2, 0) is 24.2 Å². The lowest BCUT2D eigenvalue weighted by Crippen LogP contribution is -2.44. The number of ether oxygens (including phenoxy) is 1. The quantitative estimate of drug-likeness (QED) is 0.297. The van der Waals surface area contributed by atoms with E-state index in [9.17, 15) is 14.4 Å². The van der Waals surface area contributed by atoms with E-state index in [0.29, 0.717) is 23.4 Å². The Balaban J connectivity index is 1.36. The standard InChI is InChI=1S/C34H45N7O4/c1-5-8-11-22-45-34(44)41-30-24-39(33(43)40(7-3)29-13-10-9-12-25(29)6-2)23-28(30)31(36-41)35-32(42)26-14-16-27(17-15-26)38-20-18-37(4)19-21-38/h9-10,12-17H,5-8,11,18-24H2,1-4H3,(H,35,36,42). The Labute approximate surface area is 265 Å². The number of urea groups is 1. The van der Waals surface area contributed by atoms with Crippen molar-refractivity contribution < 1.29 is 19.1 Å². The van der Waals surface area contributed by atoms with Gasteiger partial charge < -0.3 is 24.8 Å². The molecule has 0 aliphatic carbocycles. The van der Waals surface area contributed by atoms with Crippen molar-refractivity contribution in [2.24, 2.45) is 0 Å². The molecule has 3 amide bonds. The summed E-state index contributed by atoms with van der Waals surface area (Å²) in [5, 5.41) is 7.40. The molecule has 1 saturated heterocycles. The summed E-state index contributed by atoms with van der Waals surface area (Å²) in [4.78, 5) is 48.5. The summed E-state index contributed by atoms with van der Waals surface area (Å²) < 4.78 is 6.73. The Hall–Kier alpha value is -4.38. The summed E-state index contributed by atoms with van der Waals surface area (Å²) in [5.41, 5.74) is 4.69. The average molecular weight is 616 g/mol. The van der Waals surface area contributed by atoms with Gasteiger partial charge in [-0.1, -0.05) is 44.9 Å². The van der Waals surface area contributed by atoms with Gasteiger partial charge in [-0.2, -0.15) is 4.68 Å². The number of aryl methyl sites for hydroxylation is 1. The highest BCUT2D eigenvalue weighted by Crippen LogP contribution is 2.32. The molecular formula is C34H45N7O4. The van der Waals surface area contributed by atoms with Crippen molar-refractivity contribution in [3.05, 3.63) is 70.9 Å². The fourth-order valence-corrected chi connectivity index (χ4v) is 5.92. The lowest BCUT2D eigenvalue weighted by molar-refractivity contribution is 0.102. The van der Waals surface area contributed by atoms with Crippen molar-refractivity contribution in [1.29, 1.82) is 0 Å². The minimum absolute atomic E-state index is 0.172. The number of carbonyl (C=O) groups excluding carboxylic acids is 3. The number of amides is 3. The number of para-hydroxylation sites is 1. The topological polar surface area (TPSA) is 103 Å². The van der Waals surface area contributed by atoms with Gasteiger partial charge in [-0.05, 0) is 62.7 Å². The van der Waals surface area contributed by atoms with Gasteiger partial charge in [-0.25, -0.2) is 9.59 Å². The number of rotatable bonds is 10. The van der Waals surface area contributed by atoms with Crippen molar-refractivity contribution in [1.82, 2.24) is 19.6 Å². The maximum Gasteiger partial charge on any atom is 0.435 e. The van der Waals surface area contributed by atoms with Crippen LogP contribution >= 0.6 is 0 Å². The van der Waals surface area contributed by atoms with Crippen molar-refractivity contribution in [2.75, 3.05) is 61.5 Å². The normalized spacial score (nSPS) is 14.8. The van der Waals surface area contributed by atoms with E-state index in [-0.39, 0.29) is 37.5 Å². The highest BCUT2D eigenvalue weighted by molar-refractivity contribution is 6.04. The summed E-state index contributed by atoms with van der Waals surface area (Å²) in [6.45, 7) is 11.1. The number of hydrogen-bond acceptors (Lipinski definition) is 7. The highest BCUT2D eigenvalue weighted by Gasteiger charge is 2.36. The second kappa shape index (κ2) is 14.6. The lowest BCUT2D eigenvalue weighted by Gasteiger charge is -2.34. The molecule has 0 saturated carbocycles. The molecule has 2 aliphatic rings. The zero-order valence-corrected chi connectivity index (χ0v) is 26.9. The smallest absolute Gasteiger partial charge is 0.435 e. The number of fused-ring (bicyclic) bond motifs is 1. The minimum Gasteiger partial charge on any atom is -0.448 e. The third kappa shape index (κ3) is 7.14. The lowest BCUT2D eigenvalue weighted by atomic mass is 10.1. The van der Waals surface area contributed by atoms with Crippen LogP contribution in [0.4, 0.5) is 26.8 Å². The van der Waals surface area contributed by atoms with Gasteiger partial charge in [-0.3, -0.25) is 9.69 Å². The molecule has 1 fully saturated rings. The number of anilines is 3. The number of piperazine rings is 1. The van der Waals surface area contributed by atoms with E-state index >= 15 is 0 Å². The first-order valence-corrected chi connectivity index (χ1v) is 16.1. The van der Waals surface area contributed by atoms with Crippen LogP contribution in [-0.4, -0.2) is 84.0 Å². The Morgan fingerprint density at radius 3 is 2.36 bits per heavy atom. The molecule has 0 radical (unpaired) electrons. The number of likely N-dealkylation sites (N-methyl/N-ethyl adjacent to an activating group) is 1. The largest absolute Gasteiger partial charge is 0.448 e. The van der Waals surface area contributed by atoms with Gasteiger partial charge in [0.2, 0.25) is 0 Å². The first-order chi connectivity index (χ1) is 21.8. The van der Waals surface area contributed by atoms with E-state index in [0.717, 1.165) is 68.8 Å². The zero-order chi connectivity index (χ0) is 31.9. The Kier molecular flexibility index (Phi) is 10.4. The molecule has 11 nitrogen and oxygen atoms in total. The monoisotopic (exact) mass is 615 g/mol. The number of benzene rings is 2. The zero-order valence-electron chi connectivity index (χ0n) is 26.9. The Bertz CT molecular complexity index is 1490. The number of aromatic nitrogens is 2. The van der Waals surface area contributed by atoms with Crippen LogP contribution in [0.25, 0.3) is 0 Å². The fraction of sp³-hybridized carbons (Fsp3) is 0.471. The Morgan fingerprint density at radius 2 is 1.67 bits per heavy atom. The molecule has 45 heavy (non-hydrogen) atoms. The number of nitrogens with one attached hydrogen (secondary N) is 1. The molecular weight excluding hydrogens is 570 g/mol. The summed E-state index contributed by atoms with van der Waals surface area (Å²) in [7, 11) is 2.12. The summed E-state index contributed by atoms with van der Waals surface area (Å²) in [5.74, 6) is -0.0727. The SMILES string of the molecule is CCCCCOC(=O)n1nc(NC(=O)c2ccc(N3CCN(C)CC3)cc2)c2c1CN(C(=O)N(CC)c1ccccc1CC)C2. The molecule has 11 heteroatoms. The van der Waals surface area contributed by atoms with E-state index in [1.165, 1.54) is 4.68 Å². The molecule has 3 heterocycles.